The molecule has 2 aromatic carbocycles. The van der Waals surface area contributed by atoms with Crippen LogP contribution in [0.1, 0.15) is 17.2 Å². The molecule has 0 saturated carbocycles. The van der Waals surface area contributed by atoms with Crippen molar-refractivity contribution >= 4 is 23.4 Å². The maximum Gasteiger partial charge on any atom is 0.247 e. The number of carbonyl (C=O) groups is 2. The summed E-state index contributed by atoms with van der Waals surface area (Å²) in [7, 11) is 0. The first-order chi connectivity index (χ1) is 11.5. The Balaban J connectivity index is 1.82. The molecule has 6 heteroatoms. The summed E-state index contributed by atoms with van der Waals surface area (Å²) in [6, 6.07) is 12.0. The van der Waals surface area contributed by atoms with E-state index in [0.29, 0.717) is 29.2 Å². The summed E-state index contributed by atoms with van der Waals surface area (Å²) in [6.07, 6.45) is 0.123. The fourth-order valence-corrected chi connectivity index (χ4v) is 2.92. The van der Waals surface area contributed by atoms with E-state index in [1.807, 2.05) is 0 Å². The van der Waals surface area contributed by atoms with Crippen molar-refractivity contribution in [1.82, 2.24) is 10.2 Å². The lowest BCUT2D eigenvalue weighted by Gasteiger charge is -2.35. The summed E-state index contributed by atoms with van der Waals surface area (Å²) in [4.78, 5) is 26.5. The van der Waals surface area contributed by atoms with E-state index < -0.39 is 6.04 Å². The van der Waals surface area contributed by atoms with Gasteiger partial charge in [-0.15, -0.1) is 0 Å². The van der Waals surface area contributed by atoms with Gasteiger partial charge in [-0.2, -0.15) is 0 Å². The maximum absolute atomic E-state index is 13.0. The van der Waals surface area contributed by atoms with Crippen molar-refractivity contribution < 1.29 is 14.0 Å². The van der Waals surface area contributed by atoms with Crippen LogP contribution in [0.5, 0.6) is 0 Å². The number of carbonyl (C=O) groups excluding carboxylic acids is 2. The first-order valence-electron chi connectivity index (χ1n) is 7.61. The topological polar surface area (TPSA) is 49.4 Å². The Bertz CT molecular complexity index is 747. The van der Waals surface area contributed by atoms with E-state index in [9.17, 15) is 14.0 Å². The smallest absolute Gasteiger partial charge is 0.247 e. The number of halogens is 2. The summed E-state index contributed by atoms with van der Waals surface area (Å²) in [5.41, 5.74) is 1.42. The van der Waals surface area contributed by atoms with Crippen LogP contribution in [0.25, 0.3) is 0 Å². The van der Waals surface area contributed by atoms with E-state index in [1.165, 1.54) is 12.1 Å². The number of benzene rings is 2. The quantitative estimate of drug-likeness (QED) is 0.929. The minimum absolute atomic E-state index is 0.123. The van der Waals surface area contributed by atoms with E-state index in [2.05, 4.69) is 5.32 Å². The molecule has 1 fully saturated rings. The van der Waals surface area contributed by atoms with Gasteiger partial charge in [0.05, 0.1) is 6.42 Å². The number of nitrogens with one attached hydrogen (secondary N) is 1. The van der Waals surface area contributed by atoms with Crippen molar-refractivity contribution in [2.45, 2.75) is 12.5 Å². The number of amides is 2. The van der Waals surface area contributed by atoms with Gasteiger partial charge in [-0.05, 0) is 35.4 Å². The number of piperazine rings is 1. The van der Waals surface area contributed by atoms with Gasteiger partial charge >= 0.3 is 0 Å². The predicted molar refractivity (Wildman–Crippen MR) is 89.0 cm³/mol. The monoisotopic (exact) mass is 346 g/mol. The first-order valence-corrected chi connectivity index (χ1v) is 7.99. The molecule has 0 radical (unpaired) electrons. The third-order valence-electron chi connectivity index (χ3n) is 3.99. The molecule has 0 aromatic heterocycles. The van der Waals surface area contributed by atoms with Crippen molar-refractivity contribution in [3.63, 3.8) is 0 Å². The molecule has 1 aliphatic rings. The molecule has 1 heterocycles. The number of rotatable bonds is 3. The molecule has 24 heavy (non-hydrogen) atoms. The van der Waals surface area contributed by atoms with E-state index in [-0.39, 0.29) is 24.1 Å². The Hall–Kier alpha value is -2.40. The Morgan fingerprint density at radius 3 is 2.50 bits per heavy atom. The average molecular weight is 347 g/mol. The minimum atomic E-state index is -0.677. The van der Waals surface area contributed by atoms with E-state index in [0.717, 1.165) is 0 Å². The zero-order valence-corrected chi connectivity index (χ0v) is 13.6. The Labute approximate surface area is 144 Å². The fraction of sp³-hybridized carbons (Fsp3) is 0.222. The average Bonchev–Trinajstić information content (AvgIpc) is 2.58. The molecule has 2 aromatic rings. The van der Waals surface area contributed by atoms with Crippen LogP contribution >= 0.6 is 11.6 Å². The molecule has 1 N–H and O–H groups in total. The largest absolute Gasteiger partial charge is 0.352 e. The summed E-state index contributed by atoms with van der Waals surface area (Å²) < 4.78 is 13.0. The van der Waals surface area contributed by atoms with Crippen LogP contribution in [0.3, 0.4) is 0 Å². The molecule has 1 atom stereocenters. The molecule has 1 aliphatic heterocycles. The molecule has 3 rings (SSSR count). The molecule has 0 aliphatic carbocycles. The predicted octanol–water partition coefficient (Wildman–Crippen LogP) is 2.72. The fourth-order valence-electron chi connectivity index (χ4n) is 2.79. The van der Waals surface area contributed by atoms with E-state index in [4.69, 9.17) is 11.6 Å². The highest BCUT2D eigenvalue weighted by molar-refractivity contribution is 6.30. The second kappa shape index (κ2) is 7.01. The number of hydrogen-bond donors (Lipinski definition) is 1. The maximum atomic E-state index is 13.0. The van der Waals surface area contributed by atoms with Crippen LogP contribution < -0.4 is 5.32 Å². The van der Waals surface area contributed by atoms with Crippen LogP contribution in [-0.4, -0.2) is 29.8 Å². The molecular weight excluding hydrogens is 331 g/mol. The summed E-state index contributed by atoms with van der Waals surface area (Å²) in [5, 5.41) is 3.35. The van der Waals surface area contributed by atoms with Crippen LogP contribution in [0.4, 0.5) is 4.39 Å². The van der Waals surface area contributed by atoms with Crippen LogP contribution in [0.2, 0.25) is 5.02 Å². The first kappa shape index (κ1) is 16.5. The van der Waals surface area contributed by atoms with Crippen molar-refractivity contribution in [1.29, 1.82) is 0 Å². The third-order valence-corrected chi connectivity index (χ3v) is 4.24. The lowest BCUT2D eigenvalue weighted by molar-refractivity contribution is -0.143. The Kier molecular flexibility index (Phi) is 4.81. The summed E-state index contributed by atoms with van der Waals surface area (Å²) >= 11 is 5.89. The van der Waals surface area contributed by atoms with Gasteiger partial charge in [-0.1, -0.05) is 35.9 Å². The molecule has 124 valence electrons. The van der Waals surface area contributed by atoms with Crippen molar-refractivity contribution in [2.24, 2.45) is 0 Å². The van der Waals surface area contributed by atoms with Crippen LogP contribution in [0.15, 0.2) is 48.5 Å². The van der Waals surface area contributed by atoms with Crippen molar-refractivity contribution in [3.05, 3.63) is 70.5 Å². The van der Waals surface area contributed by atoms with Gasteiger partial charge in [0.2, 0.25) is 11.8 Å². The van der Waals surface area contributed by atoms with Gasteiger partial charge in [0.25, 0.3) is 0 Å². The minimum Gasteiger partial charge on any atom is -0.352 e. The Morgan fingerprint density at radius 1 is 1.17 bits per heavy atom. The molecular formula is C18H16ClFN2O2. The molecule has 4 nitrogen and oxygen atoms in total. The van der Waals surface area contributed by atoms with Gasteiger partial charge in [-0.25, -0.2) is 4.39 Å². The number of nitrogens with zero attached hydrogens (tertiary/aromatic N) is 1. The highest BCUT2D eigenvalue weighted by atomic mass is 35.5. The second-order valence-electron chi connectivity index (χ2n) is 5.64. The summed E-state index contributed by atoms with van der Waals surface area (Å²) in [6.45, 7) is 0.844. The zero-order chi connectivity index (χ0) is 17.1. The SMILES string of the molecule is O=C1NCCN(C(=O)Cc2ccc(F)cc2)C1c1ccc(Cl)cc1. The van der Waals surface area contributed by atoms with Crippen molar-refractivity contribution in [2.75, 3.05) is 13.1 Å². The van der Waals surface area contributed by atoms with Gasteiger partial charge < -0.3 is 10.2 Å². The molecule has 1 unspecified atom stereocenters. The lowest BCUT2D eigenvalue weighted by Crippen LogP contribution is -2.52. The number of hydrogen-bond acceptors (Lipinski definition) is 2. The molecule has 1 saturated heterocycles. The Morgan fingerprint density at radius 2 is 1.83 bits per heavy atom. The van der Waals surface area contributed by atoms with Gasteiger partial charge in [0, 0.05) is 18.1 Å². The zero-order valence-electron chi connectivity index (χ0n) is 12.8. The van der Waals surface area contributed by atoms with Crippen LogP contribution in [-0.2, 0) is 16.0 Å². The molecule has 0 spiro atoms. The van der Waals surface area contributed by atoms with Crippen LogP contribution in [0, 0.1) is 5.82 Å². The van der Waals surface area contributed by atoms with Gasteiger partial charge in [-0.3, -0.25) is 9.59 Å². The molecule has 2 amide bonds. The van der Waals surface area contributed by atoms with Crippen molar-refractivity contribution in [3.8, 4) is 0 Å². The van der Waals surface area contributed by atoms with E-state index in [1.54, 1.807) is 41.3 Å². The standard InChI is InChI=1S/C18H16ClFN2O2/c19-14-5-3-13(4-6-14)17-18(24)21-9-10-22(17)16(23)11-12-1-7-15(20)8-2-12/h1-8,17H,9-11H2,(H,21,24). The highest BCUT2D eigenvalue weighted by Crippen LogP contribution is 2.25. The summed E-state index contributed by atoms with van der Waals surface area (Å²) in [5.74, 6) is -0.727. The normalized spacial score (nSPS) is 17.5. The second-order valence-corrected chi connectivity index (χ2v) is 6.07. The highest BCUT2D eigenvalue weighted by Gasteiger charge is 2.34. The molecule has 0 bridgehead atoms. The third kappa shape index (κ3) is 3.57. The van der Waals surface area contributed by atoms with Gasteiger partial charge in [0.1, 0.15) is 11.9 Å². The van der Waals surface area contributed by atoms with E-state index >= 15 is 0 Å². The van der Waals surface area contributed by atoms with Gasteiger partial charge in [0.15, 0.2) is 0 Å². The lowest BCUT2D eigenvalue weighted by atomic mass is 10.0.